The van der Waals surface area contributed by atoms with Crippen LogP contribution in [0.3, 0.4) is 0 Å². The van der Waals surface area contributed by atoms with Gasteiger partial charge in [-0.1, -0.05) is 43.6 Å². The molecule has 6 heteroatoms. The summed E-state index contributed by atoms with van der Waals surface area (Å²) >= 11 is 7.85. The average molecular weight is 351 g/mol. The number of nitrogens with zero attached hydrogens (tertiary/aromatic N) is 2. The van der Waals surface area contributed by atoms with Crippen LogP contribution in [0.1, 0.15) is 43.0 Å². The summed E-state index contributed by atoms with van der Waals surface area (Å²) in [5.41, 5.74) is 2.16. The van der Waals surface area contributed by atoms with Crippen molar-refractivity contribution < 1.29 is 0 Å². The Labute approximate surface area is 147 Å². The highest BCUT2D eigenvalue weighted by Crippen LogP contribution is 2.18. The number of hydrogen-bond donors (Lipinski definition) is 2. The minimum Gasteiger partial charge on any atom is -0.357 e. The number of benzene rings is 1. The topological polar surface area (TPSA) is 49.3 Å². The maximum absolute atomic E-state index is 6.17. The number of aromatic nitrogens is 1. The summed E-state index contributed by atoms with van der Waals surface area (Å²) in [5.74, 6) is 1.23. The van der Waals surface area contributed by atoms with E-state index in [1.165, 1.54) is 0 Å². The van der Waals surface area contributed by atoms with Crippen molar-refractivity contribution in [1.82, 2.24) is 15.6 Å². The third-order valence-electron chi connectivity index (χ3n) is 3.28. The van der Waals surface area contributed by atoms with Crippen LogP contribution in [0.15, 0.2) is 34.6 Å². The molecule has 124 valence electrons. The van der Waals surface area contributed by atoms with E-state index in [9.17, 15) is 0 Å². The summed E-state index contributed by atoms with van der Waals surface area (Å²) in [6.45, 7) is 8.38. The van der Waals surface area contributed by atoms with Crippen molar-refractivity contribution in [3.63, 3.8) is 0 Å². The molecule has 0 saturated heterocycles. The first-order chi connectivity index (χ1) is 11.1. The zero-order chi connectivity index (χ0) is 16.7. The molecule has 0 aliphatic rings. The zero-order valence-electron chi connectivity index (χ0n) is 13.8. The van der Waals surface area contributed by atoms with Gasteiger partial charge in [0.2, 0.25) is 0 Å². The Hall–Kier alpha value is -1.59. The van der Waals surface area contributed by atoms with E-state index in [2.05, 4.69) is 39.8 Å². The molecule has 4 nitrogen and oxygen atoms in total. The highest BCUT2D eigenvalue weighted by atomic mass is 35.5. The maximum atomic E-state index is 6.17. The van der Waals surface area contributed by atoms with Crippen LogP contribution in [0.4, 0.5) is 0 Å². The molecule has 1 aromatic carbocycles. The van der Waals surface area contributed by atoms with Crippen molar-refractivity contribution in [1.29, 1.82) is 0 Å². The number of rotatable bonds is 6. The third kappa shape index (κ3) is 5.52. The summed E-state index contributed by atoms with van der Waals surface area (Å²) in [6, 6.07) is 7.77. The monoisotopic (exact) mass is 350 g/mol. The fraction of sp³-hybridized carbons (Fsp3) is 0.412. The molecule has 0 radical (unpaired) electrons. The van der Waals surface area contributed by atoms with Gasteiger partial charge in [0.25, 0.3) is 0 Å². The Morgan fingerprint density at radius 3 is 2.74 bits per heavy atom. The van der Waals surface area contributed by atoms with Gasteiger partial charge in [0.1, 0.15) is 5.01 Å². The van der Waals surface area contributed by atoms with E-state index in [1.54, 1.807) is 11.3 Å². The zero-order valence-corrected chi connectivity index (χ0v) is 15.3. The van der Waals surface area contributed by atoms with E-state index in [4.69, 9.17) is 11.6 Å². The Balaban J connectivity index is 1.97. The molecule has 0 fully saturated rings. The number of aliphatic imine (C=N–C) groups is 1. The first-order valence-corrected chi connectivity index (χ1v) is 9.05. The molecule has 2 N–H and O–H groups in total. The lowest BCUT2D eigenvalue weighted by Crippen LogP contribution is -2.36. The lowest BCUT2D eigenvalue weighted by atomic mass is 10.2. The maximum Gasteiger partial charge on any atom is 0.191 e. The van der Waals surface area contributed by atoms with Crippen LogP contribution >= 0.6 is 22.9 Å². The van der Waals surface area contributed by atoms with Crippen LogP contribution < -0.4 is 10.6 Å². The second-order valence-electron chi connectivity index (χ2n) is 5.46. The minimum absolute atomic E-state index is 0.460. The Bertz CT molecular complexity index is 652. The van der Waals surface area contributed by atoms with Crippen molar-refractivity contribution >= 4 is 28.9 Å². The van der Waals surface area contributed by atoms with Crippen LogP contribution in [-0.4, -0.2) is 17.5 Å². The van der Waals surface area contributed by atoms with Crippen LogP contribution in [0, 0.1) is 0 Å². The SMILES string of the molecule is CCNC(=NCc1ccccc1Cl)NCc1nc(C(C)C)cs1. The van der Waals surface area contributed by atoms with E-state index in [0.29, 0.717) is 19.0 Å². The van der Waals surface area contributed by atoms with Gasteiger partial charge in [0, 0.05) is 16.9 Å². The van der Waals surface area contributed by atoms with E-state index in [1.807, 2.05) is 31.2 Å². The van der Waals surface area contributed by atoms with E-state index in [-0.39, 0.29) is 0 Å². The predicted octanol–water partition coefficient (Wildman–Crippen LogP) is 4.18. The molecule has 0 bridgehead atoms. The van der Waals surface area contributed by atoms with Gasteiger partial charge >= 0.3 is 0 Å². The molecule has 1 heterocycles. The lowest BCUT2D eigenvalue weighted by Gasteiger charge is -2.10. The molecule has 0 spiro atoms. The molecule has 0 amide bonds. The number of nitrogens with one attached hydrogen (secondary N) is 2. The summed E-state index contributed by atoms with van der Waals surface area (Å²) < 4.78 is 0. The fourth-order valence-corrected chi connectivity index (χ4v) is 3.05. The van der Waals surface area contributed by atoms with Crippen molar-refractivity contribution in [2.24, 2.45) is 4.99 Å². The second-order valence-corrected chi connectivity index (χ2v) is 6.81. The number of thiazole rings is 1. The molecular formula is C17H23ClN4S. The predicted molar refractivity (Wildman–Crippen MR) is 99.3 cm³/mol. The highest BCUT2D eigenvalue weighted by molar-refractivity contribution is 7.09. The molecule has 23 heavy (non-hydrogen) atoms. The van der Waals surface area contributed by atoms with Gasteiger partial charge in [-0.25, -0.2) is 9.98 Å². The van der Waals surface area contributed by atoms with Crippen molar-refractivity contribution in [3.05, 3.63) is 50.9 Å². The van der Waals surface area contributed by atoms with E-state index in [0.717, 1.165) is 33.8 Å². The quantitative estimate of drug-likeness (QED) is 0.607. The smallest absolute Gasteiger partial charge is 0.191 e. The molecule has 1 aromatic heterocycles. The van der Waals surface area contributed by atoms with Gasteiger partial charge in [0.05, 0.1) is 18.8 Å². The van der Waals surface area contributed by atoms with E-state index >= 15 is 0 Å². The summed E-state index contributed by atoms with van der Waals surface area (Å²) in [4.78, 5) is 9.21. The van der Waals surface area contributed by atoms with Gasteiger partial charge in [-0.2, -0.15) is 0 Å². The minimum atomic E-state index is 0.460. The van der Waals surface area contributed by atoms with Gasteiger partial charge in [0.15, 0.2) is 5.96 Å². The van der Waals surface area contributed by atoms with Crippen LogP contribution in [0.5, 0.6) is 0 Å². The molecule has 2 rings (SSSR count). The largest absolute Gasteiger partial charge is 0.357 e. The molecular weight excluding hydrogens is 328 g/mol. The van der Waals surface area contributed by atoms with Crippen molar-refractivity contribution in [3.8, 4) is 0 Å². The number of halogens is 1. The van der Waals surface area contributed by atoms with Crippen molar-refractivity contribution in [2.75, 3.05) is 6.54 Å². The molecule has 0 unspecified atom stereocenters. The van der Waals surface area contributed by atoms with Gasteiger partial charge in [-0.3, -0.25) is 0 Å². The molecule has 0 aliphatic heterocycles. The Morgan fingerprint density at radius 2 is 2.09 bits per heavy atom. The number of hydrogen-bond acceptors (Lipinski definition) is 3. The third-order valence-corrected chi connectivity index (χ3v) is 4.51. The molecule has 0 atom stereocenters. The summed E-state index contributed by atoms with van der Waals surface area (Å²) in [6.07, 6.45) is 0. The van der Waals surface area contributed by atoms with Gasteiger partial charge in [-0.05, 0) is 24.5 Å². The summed E-state index contributed by atoms with van der Waals surface area (Å²) in [5, 5.41) is 10.5. The Kier molecular flexibility index (Phi) is 6.86. The first kappa shape index (κ1) is 17.8. The normalized spacial score (nSPS) is 11.8. The molecule has 0 aliphatic carbocycles. The number of guanidine groups is 1. The molecule has 0 saturated carbocycles. The van der Waals surface area contributed by atoms with Crippen LogP contribution in [0.25, 0.3) is 0 Å². The van der Waals surface area contributed by atoms with Crippen molar-refractivity contribution in [2.45, 2.75) is 39.8 Å². The van der Waals surface area contributed by atoms with Gasteiger partial charge < -0.3 is 10.6 Å². The van der Waals surface area contributed by atoms with E-state index < -0.39 is 0 Å². The summed E-state index contributed by atoms with van der Waals surface area (Å²) in [7, 11) is 0. The Morgan fingerprint density at radius 1 is 1.30 bits per heavy atom. The average Bonchev–Trinajstić information content (AvgIpc) is 3.00. The molecule has 2 aromatic rings. The van der Waals surface area contributed by atoms with Crippen LogP contribution in [-0.2, 0) is 13.1 Å². The van der Waals surface area contributed by atoms with Crippen LogP contribution in [0.2, 0.25) is 5.02 Å². The first-order valence-electron chi connectivity index (χ1n) is 7.80. The lowest BCUT2D eigenvalue weighted by molar-refractivity contribution is 0.788. The second kappa shape index (κ2) is 8.89. The van der Waals surface area contributed by atoms with Gasteiger partial charge in [-0.15, -0.1) is 11.3 Å². The highest BCUT2D eigenvalue weighted by Gasteiger charge is 2.06. The standard InChI is InChI=1S/C17H23ClN4S/c1-4-19-17(20-9-13-7-5-6-8-14(13)18)21-10-16-22-15(11-23-16)12(2)3/h5-8,11-12H,4,9-10H2,1-3H3,(H2,19,20,21). The fourth-order valence-electron chi connectivity index (χ4n) is 1.96.